The van der Waals surface area contributed by atoms with Crippen molar-refractivity contribution >= 4 is 17.9 Å². The normalized spacial score (nSPS) is 10.7. The number of aryl methyl sites for hydroxylation is 1. The maximum absolute atomic E-state index is 11.1. The van der Waals surface area contributed by atoms with Gasteiger partial charge in [0.2, 0.25) is 0 Å². The predicted molar refractivity (Wildman–Crippen MR) is 78.4 cm³/mol. The molecule has 2 aromatic carbocycles. The Balaban J connectivity index is 2.27. The van der Waals surface area contributed by atoms with E-state index in [1.54, 1.807) is 24.4 Å². The van der Waals surface area contributed by atoms with Crippen LogP contribution in [-0.4, -0.2) is 24.4 Å². The Hall–Kier alpha value is -2.62. The summed E-state index contributed by atoms with van der Waals surface area (Å²) in [4.78, 5) is 15.4. The number of carbonyl (C=O) groups is 1. The van der Waals surface area contributed by atoms with Crippen LogP contribution >= 0.6 is 0 Å². The highest BCUT2D eigenvalue weighted by atomic mass is 16.5. The Morgan fingerprint density at radius 2 is 1.90 bits per heavy atom. The maximum atomic E-state index is 11.1. The number of rotatable bonds is 4. The highest BCUT2D eigenvalue weighted by Gasteiger charge is 2.10. The molecule has 0 aliphatic carbocycles. The van der Waals surface area contributed by atoms with E-state index in [1.807, 2.05) is 31.2 Å². The van der Waals surface area contributed by atoms with Gasteiger partial charge in [-0.1, -0.05) is 17.7 Å². The van der Waals surface area contributed by atoms with Crippen molar-refractivity contribution in [1.29, 1.82) is 0 Å². The molecule has 102 valence electrons. The Labute approximate surface area is 117 Å². The van der Waals surface area contributed by atoms with E-state index in [-0.39, 0.29) is 5.56 Å². The van der Waals surface area contributed by atoms with E-state index in [2.05, 4.69) is 4.99 Å². The van der Waals surface area contributed by atoms with Gasteiger partial charge in [0.25, 0.3) is 0 Å². The number of benzene rings is 2. The molecule has 0 aromatic heterocycles. The largest absolute Gasteiger partial charge is 0.496 e. The summed E-state index contributed by atoms with van der Waals surface area (Å²) in [6.45, 7) is 2.01. The molecule has 0 saturated carbocycles. The van der Waals surface area contributed by atoms with Crippen LogP contribution in [0.3, 0.4) is 0 Å². The number of hydrogen-bond donors (Lipinski definition) is 1. The minimum atomic E-state index is -1.02. The summed E-state index contributed by atoms with van der Waals surface area (Å²) in [5, 5.41) is 9.11. The van der Waals surface area contributed by atoms with Gasteiger partial charge < -0.3 is 9.84 Å². The second-order valence-electron chi connectivity index (χ2n) is 4.36. The molecule has 20 heavy (non-hydrogen) atoms. The molecule has 2 aromatic rings. The van der Waals surface area contributed by atoms with Crippen LogP contribution in [0.4, 0.5) is 5.69 Å². The standard InChI is InChI=1S/C16H15NO3/c1-11-3-6-13(7-4-11)17-10-12-5-8-15(20-2)14(9-12)16(18)19/h3-10H,1-2H3,(H,18,19). The van der Waals surface area contributed by atoms with E-state index in [9.17, 15) is 4.79 Å². The summed E-state index contributed by atoms with van der Waals surface area (Å²) in [6.07, 6.45) is 1.64. The molecule has 0 radical (unpaired) electrons. The van der Waals surface area contributed by atoms with Gasteiger partial charge in [0, 0.05) is 6.21 Å². The van der Waals surface area contributed by atoms with Crippen molar-refractivity contribution in [2.75, 3.05) is 7.11 Å². The minimum Gasteiger partial charge on any atom is -0.496 e. The molecule has 0 aliphatic heterocycles. The zero-order valence-electron chi connectivity index (χ0n) is 11.3. The lowest BCUT2D eigenvalue weighted by Gasteiger charge is -2.05. The topological polar surface area (TPSA) is 58.9 Å². The van der Waals surface area contributed by atoms with Crippen LogP contribution in [0.1, 0.15) is 21.5 Å². The number of nitrogens with zero attached hydrogens (tertiary/aromatic N) is 1. The van der Waals surface area contributed by atoms with Gasteiger partial charge in [0.1, 0.15) is 11.3 Å². The number of ether oxygens (including phenoxy) is 1. The lowest BCUT2D eigenvalue weighted by atomic mass is 10.1. The van der Waals surface area contributed by atoms with Crippen LogP contribution < -0.4 is 4.74 Å². The minimum absolute atomic E-state index is 0.125. The summed E-state index contributed by atoms with van der Waals surface area (Å²) in [5.74, 6) is -0.683. The number of aliphatic imine (C=N–C) groups is 1. The first-order valence-electron chi connectivity index (χ1n) is 6.12. The first-order valence-corrected chi connectivity index (χ1v) is 6.12. The predicted octanol–water partition coefficient (Wildman–Crippen LogP) is 3.45. The van der Waals surface area contributed by atoms with Crippen LogP contribution in [0.2, 0.25) is 0 Å². The Morgan fingerprint density at radius 3 is 2.50 bits per heavy atom. The Morgan fingerprint density at radius 1 is 1.20 bits per heavy atom. The molecular weight excluding hydrogens is 254 g/mol. The highest BCUT2D eigenvalue weighted by molar-refractivity contribution is 5.94. The van der Waals surface area contributed by atoms with E-state index >= 15 is 0 Å². The zero-order chi connectivity index (χ0) is 14.5. The van der Waals surface area contributed by atoms with Crippen LogP contribution in [0.25, 0.3) is 0 Å². The van der Waals surface area contributed by atoms with Crippen LogP contribution in [0.5, 0.6) is 5.75 Å². The number of hydrogen-bond acceptors (Lipinski definition) is 3. The van der Waals surface area contributed by atoms with Crippen molar-refractivity contribution in [2.45, 2.75) is 6.92 Å². The number of methoxy groups -OCH3 is 1. The molecule has 4 heteroatoms. The molecule has 0 saturated heterocycles. The van der Waals surface area contributed by atoms with Gasteiger partial charge >= 0.3 is 5.97 Å². The van der Waals surface area contributed by atoms with Crippen LogP contribution in [0, 0.1) is 6.92 Å². The molecule has 0 aliphatic rings. The second-order valence-corrected chi connectivity index (χ2v) is 4.36. The molecule has 0 unspecified atom stereocenters. The summed E-state index contributed by atoms with van der Waals surface area (Å²) in [5.41, 5.74) is 2.83. The molecule has 2 rings (SSSR count). The van der Waals surface area contributed by atoms with Crippen molar-refractivity contribution < 1.29 is 14.6 Å². The van der Waals surface area contributed by atoms with Crippen molar-refractivity contribution in [3.05, 3.63) is 59.2 Å². The third-order valence-electron chi connectivity index (χ3n) is 2.85. The van der Waals surface area contributed by atoms with Crippen molar-refractivity contribution in [2.24, 2.45) is 4.99 Å². The van der Waals surface area contributed by atoms with E-state index in [1.165, 1.54) is 12.7 Å². The van der Waals surface area contributed by atoms with Crippen LogP contribution in [-0.2, 0) is 0 Å². The molecule has 0 atom stereocenters. The van der Waals surface area contributed by atoms with E-state index in [0.29, 0.717) is 11.3 Å². The van der Waals surface area contributed by atoms with Crippen molar-refractivity contribution in [1.82, 2.24) is 0 Å². The van der Waals surface area contributed by atoms with Gasteiger partial charge in [0.05, 0.1) is 12.8 Å². The Bertz CT molecular complexity index is 645. The van der Waals surface area contributed by atoms with E-state index in [4.69, 9.17) is 9.84 Å². The molecule has 0 heterocycles. The average molecular weight is 269 g/mol. The van der Waals surface area contributed by atoms with Gasteiger partial charge in [-0.05, 0) is 42.8 Å². The lowest BCUT2D eigenvalue weighted by Crippen LogP contribution is -2.01. The third kappa shape index (κ3) is 3.23. The smallest absolute Gasteiger partial charge is 0.339 e. The summed E-state index contributed by atoms with van der Waals surface area (Å²) < 4.78 is 5.01. The molecule has 0 amide bonds. The molecule has 1 N–H and O–H groups in total. The van der Waals surface area contributed by atoms with Gasteiger partial charge in [-0.25, -0.2) is 4.79 Å². The van der Waals surface area contributed by atoms with E-state index in [0.717, 1.165) is 5.69 Å². The van der Waals surface area contributed by atoms with E-state index < -0.39 is 5.97 Å². The molecular formula is C16H15NO3. The quantitative estimate of drug-likeness (QED) is 0.865. The number of carboxylic acid groups (broad SMARTS) is 1. The zero-order valence-corrected chi connectivity index (χ0v) is 11.3. The van der Waals surface area contributed by atoms with Crippen molar-refractivity contribution in [3.8, 4) is 5.75 Å². The molecule has 0 spiro atoms. The van der Waals surface area contributed by atoms with Crippen molar-refractivity contribution in [3.63, 3.8) is 0 Å². The fourth-order valence-electron chi connectivity index (χ4n) is 1.75. The first-order chi connectivity index (χ1) is 9.60. The fourth-order valence-corrected chi connectivity index (χ4v) is 1.75. The molecule has 4 nitrogen and oxygen atoms in total. The highest BCUT2D eigenvalue weighted by Crippen LogP contribution is 2.20. The first kappa shape index (κ1) is 13.8. The summed E-state index contributed by atoms with van der Waals surface area (Å²) in [7, 11) is 1.45. The maximum Gasteiger partial charge on any atom is 0.339 e. The SMILES string of the molecule is COc1ccc(C=Nc2ccc(C)cc2)cc1C(=O)O. The second kappa shape index (κ2) is 6.02. The van der Waals surface area contributed by atoms with Gasteiger partial charge in [-0.2, -0.15) is 0 Å². The number of carboxylic acids is 1. The fraction of sp³-hybridized carbons (Fsp3) is 0.125. The average Bonchev–Trinajstić information content (AvgIpc) is 2.46. The van der Waals surface area contributed by atoms with Gasteiger partial charge in [-0.15, -0.1) is 0 Å². The summed E-state index contributed by atoms with van der Waals surface area (Å²) in [6, 6.07) is 12.7. The van der Waals surface area contributed by atoms with Gasteiger partial charge in [-0.3, -0.25) is 4.99 Å². The van der Waals surface area contributed by atoms with Gasteiger partial charge in [0.15, 0.2) is 0 Å². The lowest BCUT2D eigenvalue weighted by molar-refractivity contribution is 0.0693. The van der Waals surface area contributed by atoms with Crippen LogP contribution in [0.15, 0.2) is 47.5 Å². The monoisotopic (exact) mass is 269 g/mol. The number of aromatic carboxylic acids is 1. The third-order valence-corrected chi connectivity index (χ3v) is 2.85. The molecule has 0 bridgehead atoms. The summed E-state index contributed by atoms with van der Waals surface area (Å²) >= 11 is 0. The Kier molecular flexibility index (Phi) is 4.15. The molecule has 0 fully saturated rings.